The summed E-state index contributed by atoms with van der Waals surface area (Å²) >= 11 is 0. The van der Waals surface area contributed by atoms with Gasteiger partial charge in [-0.3, -0.25) is 4.79 Å². The van der Waals surface area contributed by atoms with Gasteiger partial charge in [-0.2, -0.15) is 5.10 Å². The van der Waals surface area contributed by atoms with Crippen molar-refractivity contribution in [2.45, 2.75) is 45.4 Å². The summed E-state index contributed by atoms with van der Waals surface area (Å²) in [5.41, 5.74) is 4.09. The zero-order chi connectivity index (χ0) is 19.1. The van der Waals surface area contributed by atoms with Gasteiger partial charge in [-0.15, -0.1) is 0 Å². The predicted molar refractivity (Wildman–Crippen MR) is 111 cm³/mol. The number of benzene rings is 2. The molecule has 4 saturated carbocycles. The van der Waals surface area contributed by atoms with Crippen molar-refractivity contribution in [1.82, 2.24) is 5.43 Å². The van der Waals surface area contributed by atoms with Gasteiger partial charge in [0, 0.05) is 11.1 Å². The van der Waals surface area contributed by atoms with Crippen LogP contribution in [0, 0.1) is 23.2 Å². The van der Waals surface area contributed by atoms with Crippen molar-refractivity contribution in [3.63, 3.8) is 0 Å². The van der Waals surface area contributed by atoms with Gasteiger partial charge < -0.3 is 4.74 Å². The van der Waals surface area contributed by atoms with Gasteiger partial charge in [-0.25, -0.2) is 5.43 Å². The Hall–Kier alpha value is -2.36. The van der Waals surface area contributed by atoms with Crippen LogP contribution in [0.4, 0.5) is 0 Å². The molecule has 6 rings (SSSR count). The average molecular weight is 377 g/mol. The Morgan fingerprint density at radius 3 is 2.36 bits per heavy atom. The zero-order valence-electron chi connectivity index (χ0n) is 16.5. The number of ether oxygens (including phenoxy) is 1. The third-order valence-corrected chi connectivity index (χ3v) is 7.24. The van der Waals surface area contributed by atoms with Crippen LogP contribution < -0.4 is 10.2 Å². The van der Waals surface area contributed by atoms with Crippen molar-refractivity contribution < 1.29 is 9.53 Å². The number of fused-ring (bicyclic) bond motifs is 1. The molecule has 4 heteroatoms. The minimum Gasteiger partial charge on any atom is -0.484 e. The smallest absolute Gasteiger partial charge is 0.277 e. The first kappa shape index (κ1) is 17.7. The maximum Gasteiger partial charge on any atom is 0.277 e. The molecule has 0 radical (unpaired) electrons. The van der Waals surface area contributed by atoms with E-state index < -0.39 is 0 Å². The van der Waals surface area contributed by atoms with Crippen LogP contribution in [0.25, 0.3) is 10.8 Å². The van der Waals surface area contributed by atoms with Gasteiger partial charge in [-0.05, 0) is 86.1 Å². The van der Waals surface area contributed by atoms with Crippen LogP contribution in [0.15, 0.2) is 47.6 Å². The standard InChI is InChI=1S/C24H28N2O2/c1-16(24-12-17-8-18(13-24)10-19(9-17)14-24)25-26-23(27)15-28-22-7-6-20-4-2-3-5-21(20)11-22/h2-7,11,17-19H,8-10,12-15H2,1H3,(H,26,27). The number of carbonyl (C=O) groups excluding carboxylic acids is 1. The lowest BCUT2D eigenvalue weighted by Gasteiger charge is -2.56. The fourth-order valence-corrected chi connectivity index (χ4v) is 6.26. The molecule has 0 atom stereocenters. The van der Waals surface area contributed by atoms with Crippen molar-refractivity contribution >= 4 is 22.4 Å². The lowest BCUT2D eigenvalue weighted by molar-refractivity contribution is -0.123. The van der Waals surface area contributed by atoms with Crippen molar-refractivity contribution in [2.75, 3.05) is 6.61 Å². The van der Waals surface area contributed by atoms with Gasteiger partial charge in [0.15, 0.2) is 6.61 Å². The van der Waals surface area contributed by atoms with E-state index in [1.165, 1.54) is 38.5 Å². The monoisotopic (exact) mass is 376 g/mol. The first-order chi connectivity index (χ1) is 13.6. The van der Waals surface area contributed by atoms with Crippen molar-refractivity contribution in [3.8, 4) is 5.75 Å². The van der Waals surface area contributed by atoms with E-state index in [1.807, 2.05) is 36.4 Å². The summed E-state index contributed by atoms with van der Waals surface area (Å²) < 4.78 is 5.68. The lowest BCUT2D eigenvalue weighted by Crippen LogP contribution is -2.49. The normalized spacial score (nSPS) is 31.2. The van der Waals surface area contributed by atoms with Crippen LogP contribution >= 0.6 is 0 Å². The molecular weight excluding hydrogens is 348 g/mol. The van der Waals surface area contributed by atoms with Crippen LogP contribution in [0.2, 0.25) is 0 Å². The number of amides is 1. The van der Waals surface area contributed by atoms with Gasteiger partial charge >= 0.3 is 0 Å². The summed E-state index contributed by atoms with van der Waals surface area (Å²) in [4.78, 5) is 12.3. The summed E-state index contributed by atoms with van der Waals surface area (Å²) in [6.45, 7) is 2.09. The van der Waals surface area contributed by atoms with E-state index >= 15 is 0 Å². The van der Waals surface area contributed by atoms with Crippen LogP contribution in [-0.4, -0.2) is 18.2 Å². The van der Waals surface area contributed by atoms with Gasteiger partial charge in [0.1, 0.15) is 5.75 Å². The van der Waals surface area contributed by atoms with Crippen LogP contribution in [0.3, 0.4) is 0 Å². The fourth-order valence-electron chi connectivity index (χ4n) is 6.26. The summed E-state index contributed by atoms with van der Waals surface area (Å²) in [5.74, 6) is 3.14. The van der Waals surface area contributed by atoms with Crippen molar-refractivity contribution in [2.24, 2.45) is 28.3 Å². The van der Waals surface area contributed by atoms with E-state index in [9.17, 15) is 4.79 Å². The third kappa shape index (κ3) is 3.30. The molecule has 1 amide bonds. The molecule has 0 heterocycles. The van der Waals surface area contributed by atoms with Gasteiger partial charge in [0.2, 0.25) is 0 Å². The summed E-state index contributed by atoms with van der Waals surface area (Å²) in [6, 6.07) is 14.0. The molecule has 4 aliphatic carbocycles. The minimum atomic E-state index is -0.197. The quantitative estimate of drug-likeness (QED) is 0.594. The molecule has 4 bridgehead atoms. The number of nitrogens with zero attached hydrogens (tertiary/aromatic N) is 1. The number of hydrazone groups is 1. The van der Waals surface area contributed by atoms with E-state index in [2.05, 4.69) is 23.5 Å². The maximum absolute atomic E-state index is 12.3. The molecule has 0 aromatic heterocycles. The number of carbonyl (C=O) groups is 1. The Balaban J connectivity index is 1.20. The molecule has 4 aliphatic rings. The Morgan fingerprint density at radius 1 is 1.04 bits per heavy atom. The molecule has 2 aromatic rings. The Morgan fingerprint density at radius 2 is 1.68 bits per heavy atom. The van der Waals surface area contributed by atoms with Crippen LogP contribution in [0.5, 0.6) is 5.75 Å². The second-order valence-corrected chi connectivity index (χ2v) is 9.23. The van der Waals surface area contributed by atoms with Crippen molar-refractivity contribution in [1.29, 1.82) is 0 Å². The molecule has 0 unspecified atom stereocenters. The largest absolute Gasteiger partial charge is 0.484 e. The Kier molecular flexibility index (Phi) is 4.37. The zero-order valence-corrected chi connectivity index (χ0v) is 16.5. The Bertz CT molecular complexity index is 898. The second kappa shape index (κ2) is 6.91. The van der Waals surface area contributed by atoms with E-state index in [0.29, 0.717) is 5.75 Å². The highest BCUT2D eigenvalue weighted by Crippen LogP contribution is 2.60. The van der Waals surface area contributed by atoms with Gasteiger partial charge in [0.25, 0.3) is 5.91 Å². The molecule has 4 fully saturated rings. The Labute approximate surface area is 166 Å². The molecular formula is C24H28N2O2. The summed E-state index contributed by atoms with van der Waals surface area (Å²) in [6.07, 6.45) is 8.03. The molecule has 2 aromatic carbocycles. The van der Waals surface area contributed by atoms with Crippen LogP contribution in [0.1, 0.15) is 45.4 Å². The fraction of sp³-hybridized carbons (Fsp3) is 0.500. The molecule has 146 valence electrons. The topological polar surface area (TPSA) is 50.7 Å². The van der Waals surface area contributed by atoms with Crippen molar-refractivity contribution in [3.05, 3.63) is 42.5 Å². The third-order valence-electron chi connectivity index (χ3n) is 7.24. The summed E-state index contributed by atoms with van der Waals surface area (Å²) in [7, 11) is 0. The molecule has 0 aliphatic heterocycles. The minimum absolute atomic E-state index is 0.0179. The van der Waals surface area contributed by atoms with E-state index in [0.717, 1.165) is 34.2 Å². The molecule has 1 N–H and O–H groups in total. The van der Waals surface area contributed by atoms with E-state index in [1.54, 1.807) is 0 Å². The lowest BCUT2D eigenvalue weighted by atomic mass is 9.48. The predicted octanol–water partition coefficient (Wildman–Crippen LogP) is 4.93. The number of hydrogen-bond donors (Lipinski definition) is 1. The molecule has 0 spiro atoms. The highest BCUT2D eigenvalue weighted by atomic mass is 16.5. The molecule has 4 nitrogen and oxygen atoms in total. The van der Waals surface area contributed by atoms with Gasteiger partial charge in [-0.1, -0.05) is 30.3 Å². The number of rotatable bonds is 5. The highest BCUT2D eigenvalue weighted by Gasteiger charge is 2.52. The summed E-state index contributed by atoms with van der Waals surface area (Å²) in [5, 5.41) is 6.78. The first-order valence-electron chi connectivity index (χ1n) is 10.5. The molecule has 28 heavy (non-hydrogen) atoms. The average Bonchev–Trinajstić information content (AvgIpc) is 2.69. The van der Waals surface area contributed by atoms with Gasteiger partial charge in [0.05, 0.1) is 0 Å². The van der Waals surface area contributed by atoms with E-state index in [-0.39, 0.29) is 17.9 Å². The first-order valence-corrected chi connectivity index (χ1v) is 10.5. The number of hydrogen-bond acceptors (Lipinski definition) is 3. The SMILES string of the molecule is CC(=NNC(=O)COc1ccc2ccccc2c1)C12CC3CC(CC(C3)C1)C2. The second-order valence-electron chi connectivity index (χ2n) is 9.23. The van der Waals surface area contributed by atoms with E-state index in [4.69, 9.17) is 4.74 Å². The highest BCUT2D eigenvalue weighted by molar-refractivity contribution is 5.90. The number of nitrogens with one attached hydrogen (secondary N) is 1. The maximum atomic E-state index is 12.3. The molecule has 0 saturated heterocycles. The van der Waals surface area contributed by atoms with Crippen LogP contribution in [-0.2, 0) is 4.79 Å².